The molecule has 2 aromatic heterocycles. The molecule has 176 valence electrons. The third-order valence-electron chi connectivity index (χ3n) is 7.71. The number of fused-ring (bicyclic) bond motifs is 1. The number of piperazine rings is 1. The first kappa shape index (κ1) is 21.9. The maximum atomic E-state index is 12.7. The number of hydrogen-bond donors (Lipinski definition) is 2. The third kappa shape index (κ3) is 4.36. The van der Waals surface area contributed by atoms with E-state index in [0.29, 0.717) is 17.7 Å². The molecule has 5 rings (SSSR count). The van der Waals surface area contributed by atoms with Gasteiger partial charge in [-0.2, -0.15) is 0 Å². The highest BCUT2D eigenvalue weighted by molar-refractivity contribution is 5.92. The van der Waals surface area contributed by atoms with E-state index in [2.05, 4.69) is 43.1 Å². The molecule has 0 radical (unpaired) electrons. The van der Waals surface area contributed by atoms with E-state index in [9.17, 15) is 9.59 Å². The molecule has 1 amide bonds. The zero-order valence-corrected chi connectivity index (χ0v) is 19.6. The largest absolute Gasteiger partial charge is 0.374 e. The second kappa shape index (κ2) is 9.17. The van der Waals surface area contributed by atoms with Gasteiger partial charge in [0.15, 0.2) is 0 Å². The molecule has 33 heavy (non-hydrogen) atoms. The van der Waals surface area contributed by atoms with Gasteiger partial charge in [-0.15, -0.1) is 0 Å². The summed E-state index contributed by atoms with van der Waals surface area (Å²) in [5, 5.41) is 2.61. The maximum absolute atomic E-state index is 12.7. The maximum Gasteiger partial charge on any atom is 0.269 e. The SMILES string of the molecule is CNC(=O)c1ccc(N2CCN([C@H]3CC[C@@H](c4cc5c(c(=O)[nH]4)CCCN5C)C3)CC2)cn1. The number of hydrogen-bond acceptors (Lipinski definition) is 6. The van der Waals surface area contributed by atoms with E-state index in [0.717, 1.165) is 81.0 Å². The Labute approximate surface area is 195 Å². The smallest absolute Gasteiger partial charge is 0.269 e. The number of aromatic amines is 1. The Kier molecular flexibility index (Phi) is 6.10. The molecule has 2 atom stereocenters. The molecule has 3 aliphatic rings. The van der Waals surface area contributed by atoms with Crippen LogP contribution >= 0.6 is 0 Å². The van der Waals surface area contributed by atoms with Gasteiger partial charge in [-0.1, -0.05) is 0 Å². The van der Waals surface area contributed by atoms with Crippen LogP contribution in [0.25, 0.3) is 0 Å². The number of pyridine rings is 2. The Bertz CT molecular complexity index is 1060. The Morgan fingerprint density at radius 2 is 1.97 bits per heavy atom. The predicted molar refractivity (Wildman–Crippen MR) is 130 cm³/mol. The van der Waals surface area contributed by atoms with Gasteiger partial charge in [0, 0.05) is 75.7 Å². The monoisotopic (exact) mass is 450 g/mol. The van der Waals surface area contributed by atoms with Crippen molar-refractivity contribution in [3.8, 4) is 0 Å². The first-order valence-corrected chi connectivity index (χ1v) is 12.2. The number of carbonyl (C=O) groups is 1. The van der Waals surface area contributed by atoms with Crippen molar-refractivity contribution < 1.29 is 4.79 Å². The van der Waals surface area contributed by atoms with Crippen LogP contribution in [0.4, 0.5) is 11.4 Å². The van der Waals surface area contributed by atoms with Crippen LogP contribution in [0.2, 0.25) is 0 Å². The summed E-state index contributed by atoms with van der Waals surface area (Å²) in [6.07, 6.45) is 7.17. The molecule has 2 fully saturated rings. The minimum Gasteiger partial charge on any atom is -0.374 e. The lowest BCUT2D eigenvalue weighted by molar-refractivity contribution is 0.0958. The molecule has 2 aliphatic heterocycles. The molecule has 2 aromatic rings. The van der Waals surface area contributed by atoms with Crippen molar-refractivity contribution >= 4 is 17.3 Å². The zero-order valence-electron chi connectivity index (χ0n) is 19.6. The van der Waals surface area contributed by atoms with Gasteiger partial charge >= 0.3 is 0 Å². The van der Waals surface area contributed by atoms with Crippen LogP contribution in [-0.4, -0.2) is 73.6 Å². The Morgan fingerprint density at radius 1 is 1.15 bits per heavy atom. The van der Waals surface area contributed by atoms with Crippen molar-refractivity contribution in [3.63, 3.8) is 0 Å². The lowest BCUT2D eigenvalue weighted by Crippen LogP contribution is -2.49. The summed E-state index contributed by atoms with van der Waals surface area (Å²) in [5.74, 6) is 0.275. The topological polar surface area (TPSA) is 84.6 Å². The van der Waals surface area contributed by atoms with E-state index in [-0.39, 0.29) is 11.5 Å². The Balaban J connectivity index is 1.19. The second-order valence-electron chi connectivity index (χ2n) is 9.61. The number of rotatable bonds is 4. The van der Waals surface area contributed by atoms with Gasteiger partial charge in [-0.25, -0.2) is 4.98 Å². The fourth-order valence-electron chi connectivity index (χ4n) is 5.76. The summed E-state index contributed by atoms with van der Waals surface area (Å²) in [4.78, 5) is 39.1. The second-order valence-corrected chi connectivity index (χ2v) is 9.61. The number of nitrogens with zero attached hydrogens (tertiary/aromatic N) is 4. The summed E-state index contributed by atoms with van der Waals surface area (Å²) in [7, 11) is 3.71. The minimum absolute atomic E-state index is 0.113. The van der Waals surface area contributed by atoms with Gasteiger partial charge in [0.2, 0.25) is 0 Å². The lowest BCUT2D eigenvalue weighted by atomic mass is 9.98. The minimum atomic E-state index is -0.158. The number of nitrogens with one attached hydrogen (secondary N) is 2. The average molecular weight is 451 g/mol. The van der Waals surface area contributed by atoms with Gasteiger partial charge in [-0.3, -0.25) is 14.5 Å². The number of H-pyrrole nitrogens is 1. The molecule has 1 saturated heterocycles. The highest BCUT2D eigenvalue weighted by Gasteiger charge is 2.33. The van der Waals surface area contributed by atoms with Crippen molar-refractivity contribution in [1.82, 2.24) is 20.2 Å². The van der Waals surface area contributed by atoms with Crippen LogP contribution < -0.4 is 20.7 Å². The van der Waals surface area contributed by atoms with Crippen LogP contribution in [0.1, 0.15) is 53.3 Å². The summed E-state index contributed by atoms with van der Waals surface area (Å²) in [5.41, 5.74) is 4.84. The average Bonchev–Trinajstić information content (AvgIpc) is 3.35. The molecule has 4 heterocycles. The predicted octanol–water partition coefficient (Wildman–Crippen LogP) is 1.97. The van der Waals surface area contributed by atoms with Gasteiger partial charge in [0.05, 0.1) is 11.9 Å². The van der Waals surface area contributed by atoms with E-state index in [1.807, 2.05) is 6.07 Å². The standard InChI is InChI=1S/C25H34N6O2/c1-26-25(33)21-8-7-19(16-27-21)31-12-10-30(11-13-31)18-6-5-17(14-18)22-15-23-20(24(32)28-22)4-3-9-29(23)2/h7-8,15-18H,3-6,9-14H2,1-2H3,(H,26,33)(H,28,32)/t17-,18+/m1/s1. The van der Waals surface area contributed by atoms with Crippen LogP contribution in [0.15, 0.2) is 29.2 Å². The van der Waals surface area contributed by atoms with E-state index in [1.165, 1.54) is 6.42 Å². The molecule has 0 unspecified atom stereocenters. The van der Waals surface area contributed by atoms with E-state index >= 15 is 0 Å². The summed E-state index contributed by atoms with van der Waals surface area (Å²) >= 11 is 0. The van der Waals surface area contributed by atoms with Crippen molar-refractivity contribution in [1.29, 1.82) is 0 Å². The Hall–Kier alpha value is -2.87. The quantitative estimate of drug-likeness (QED) is 0.741. The van der Waals surface area contributed by atoms with Crippen molar-refractivity contribution in [2.75, 3.05) is 56.6 Å². The number of aromatic nitrogens is 2. The number of amides is 1. The highest BCUT2D eigenvalue weighted by atomic mass is 16.1. The van der Waals surface area contributed by atoms with Crippen molar-refractivity contribution in [2.24, 2.45) is 0 Å². The summed E-state index contributed by atoms with van der Waals surface area (Å²) in [6, 6.07) is 6.60. The van der Waals surface area contributed by atoms with Gasteiger partial charge in [-0.05, 0) is 50.3 Å². The molecule has 8 nitrogen and oxygen atoms in total. The van der Waals surface area contributed by atoms with Crippen LogP contribution in [0.3, 0.4) is 0 Å². The fraction of sp³-hybridized carbons (Fsp3) is 0.560. The highest BCUT2D eigenvalue weighted by Crippen LogP contribution is 2.38. The molecule has 0 bridgehead atoms. The summed E-state index contributed by atoms with van der Waals surface area (Å²) < 4.78 is 0. The lowest BCUT2D eigenvalue weighted by Gasteiger charge is -2.39. The van der Waals surface area contributed by atoms with E-state index < -0.39 is 0 Å². The number of carbonyl (C=O) groups excluding carboxylic acids is 1. The normalized spacial score (nSPS) is 23.5. The van der Waals surface area contributed by atoms with Gasteiger partial charge < -0.3 is 20.1 Å². The van der Waals surface area contributed by atoms with Crippen LogP contribution in [-0.2, 0) is 6.42 Å². The van der Waals surface area contributed by atoms with E-state index in [4.69, 9.17) is 0 Å². The number of anilines is 2. The van der Waals surface area contributed by atoms with Crippen LogP contribution in [0, 0.1) is 0 Å². The Morgan fingerprint density at radius 3 is 2.70 bits per heavy atom. The molecule has 0 aromatic carbocycles. The first-order chi connectivity index (χ1) is 16.0. The van der Waals surface area contributed by atoms with Crippen molar-refractivity contribution in [3.05, 3.63) is 51.7 Å². The molecule has 1 saturated carbocycles. The zero-order chi connectivity index (χ0) is 22.9. The fourth-order valence-corrected chi connectivity index (χ4v) is 5.76. The molecule has 8 heteroatoms. The van der Waals surface area contributed by atoms with Gasteiger partial charge in [0.25, 0.3) is 11.5 Å². The summed E-state index contributed by atoms with van der Waals surface area (Å²) in [6.45, 7) is 5.00. The van der Waals surface area contributed by atoms with E-state index in [1.54, 1.807) is 19.3 Å². The molecular formula is C25H34N6O2. The molecule has 2 N–H and O–H groups in total. The first-order valence-electron chi connectivity index (χ1n) is 12.2. The van der Waals surface area contributed by atoms with Crippen molar-refractivity contribution in [2.45, 2.75) is 44.1 Å². The molecule has 0 spiro atoms. The molecular weight excluding hydrogens is 416 g/mol. The molecule has 1 aliphatic carbocycles. The third-order valence-corrected chi connectivity index (χ3v) is 7.71. The van der Waals surface area contributed by atoms with Gasteiger partial charge in [0.1, 0.15) is 5.69 Å². The van der Waals surface area contributed by atoms with Crippen LogP contribution in [0.5, 0.6) is 0 Å².